The van der Waals surface area contributed by atoms with Crippen LogP contribution in [0.15, 0.2) is 57.0 Å². The van der Waals surface area contributed by atoms with Crippen molar-refractivity contribution in [2.75, 3.05) is 14.2 Å². The third-order valence-corrected chi connectivity index (χ3v) is 5.05. The minimum absolute atomic E-state index is 0.0694. The van der Waals surface area contributed by atoms with Gasteiger partial charge in [0.2, 0.25) is 0 Å². The summed E-state index contributed by atoms with van der Waals surface area (Å²) in [6, 6.07) is 9.84. The topological polar surface area (TPSA) is 147 Å². The fourth-order valence-corrected chi connectivity index (χ4v) is 3.82. The lowest BCUT2D eigenvalue weighted by molar-refractivity contribution is -0.147. The minimum atomic E-state index is -2.07. The summed E-state index contributed by atoms with van der Waals surface area (Å²) in [5.41, 5.74) is -2.49. The Labute approximate surface area is 165 Å². The molecule has 9 heteroatoms. The van der Waals surface area contributed by atoms with Crippen molar-refractivity contribution >= 4 is 11.9 Å². The molecule has 9 nitrogen and oxygen atoms in total. The van der Waals surface area contributed by atoms with Gasteiger partial charge in [-0.25, -0.2) is 4.79 Å². The summed E-state index contributed by atoms with van der Waals surface area (Å²) in [5, 5.41) is 31.3. The molecule has 0 fully saturated rings. The first kappa shape index (κ1) is 19.8. The summed E-state index contributed by atoms with van der Waals surface area (Å²) < 4.78 is 20.3. The molecule has 29 heavy (non-hydrogen) atoms. The second-order valence-electron chi connectivity index (χ2n) is 6.33. The van der Waals surface area contributed by atoms with Crippen LogP contribution in [0.2, 0.25) is 0 Å². The summed E-state index contributed by atoms with van der Waals surface area (Å²) in [7, 11) is 2.17. The van der Waals surface area contributed by atoms with Gasteiger partial charge in [-0.05, 0) is 24.3 Å². The number of rotatable bonds is 4. The van der Waals surface area contributed by atoms with Crippen molar-refractivity contribution in [2.24, 2.45) is 11.3 Å². The van der Waals surface area contributed by atoms with Crippen molar-refractivity contribution in [3.63, 3.8) is 0 Å². The largest absolute Gasteiger partial charge is 0.511 e. The second-order valence-corrected chi connectivity index (χ2v) is 6.33. The number of methoxy groups -OCH3 is 2. The van der Waals surface area contributed by atoms with E-state index in [1.165, 1.54) is 36.8 Å². The Kier molecular flexibility index (Phi) is 5.16. The van der Waals surface area contributed by atoms with Gasteiger partial charge in [0.05, 0.1) is 56.3 Å². The molecule has 1 aliphatic rings. The number of esters is 2. The highest BCUT2D eigenvalue weighted by atomic mass is 16.5. The van der Waals surface area contributed by atoms with E-state index in [0.717, 1.165) is 14.2 Å². The zero-order valence-corrected chi connectivity index (χ0v) is 15.5. The van der Waals surface area contributed by atoms with Crippen LogP contribution in [0.5, 0.6) is 0 Å². The Hall–Kier alpha value is -3.98. The number of hydrogen-bond acceptors (Lipinski definition) is 9. The standard InChI is InChI=1S/C20H16N2O7/c1-26-18(24)13-15(11-5-3-7-28-11)20(9-21,10-22)16(12-6-4-8-29-12)14(17(13)23)19(25)27-2/h3-8,13,15-16,23H,1-2H3. The van der Waals surface area contributed by atoms with Gasteiger partial charge in [0.15, 0.2) is 5.41 Å². The molecule has 0 saturated heterocycles. The van der Waals surface area contributed by atoms with Gasteiger partial charge in [0, 0.05) is 0 Å². The smallest absolute Gasteiger partial charge is 0.338 e. The highest BCUT2D eigenvalue weighted by molar-refractivity contribution is 5.94. The molecule has 0 aromatic carbocycles. The van der Waals surface area contributed by atoms with Gasteiger partial charge in [-0.15, -0.1) is 0 Å². The van der Waals surface area contributed by atoms with Crippen LogP contribution < -0.4 is 0 Å². The Morgan fingerprint density at radius 3 is 2.10 bits per heavy atom. The average molecular weight is 396 g/mol. The molecular weight excluding hydrogens is 380 g/mol. The number of aliphatic hydroxyl groups excluding tert-OH is 1. The van der Waals surface area contributed by atoms with Gasteiger partial charge >= 0.3 is 11.9 Å². The van der Waals surface area contributed by atoms with Crippen LogP contribution in [0.3, 0.4) is 0 Å². The maximum absolute atomic E-state index is 12.6. The molecule has 0 saturated carbocycles. The molecule has 0 aliphatic heterocycles. The molecule has 2 aromatic heterocycles. The van der Waals surface area contributed by atoms with Crippen molar-refractivity contribution in [1.82, 2.24) is 0 Å². The summed E-state index contributed by atoms with van der Waals surface area (Å²) >= 11 is 0. The third kappa shape index (κ3) is 2.84. The van der Waals surface area contributed by atoms with Gasteiger partial charge in [0.25, 0.3) is 0 Å². The lowest BCUT2D eigenvalue weighted by atomic mass is 9.56. The maximum Gasteiger partial charge on any atom is 0.338 e. The van der Waals surface area contributed by atoms with E-state index in [4.69, 9.17) is 18.3 Å². The molecule has 3 atom stereocenters. The van der Waals surface area contributed by atoms with Crippen LogP contribution in [0.1, 0.15) is 23.4 Å². The first-order valence-corrected chi connectivity index (χ1v) is 8.45. The number of ether oxygens (including phenoxy) is 2. The van der Waals surface area contributed by atoms with Crippen molar-refractivity contribution in [2.45, 2.75) is 11.8 Å². The predicted molar refractivity (Wildman–Crippen MR) is 93.7 cm³/mol. The minimum Gasteiger partial charge on any atom is -0.511 e. The number of aliphatic hydroxyl groups is 1. The summed E-state index contributed by atoms with van der Waals surface area (Å²) in [6.07, 6.45) is 2.61. The molecule has 2 heterocycles. The molecule has 148 valence electrons. The van der Waals surface area contributed by atoms with E-state index < -0.39 is 46.4 Å². The zero-order valence-electron chi connectivity index (χ0n) is 15.5. The third-order valence-electron chi connectivity index (χ3n) is 5.05. The first-order chi connectivity index (χ1) is 14.0. The zero-order chi connectivity index (χ0) is 21.2. The molecule has 0 bridgehead atoms. The fraction of sp³-hybridized carbons (Fsp3) is 0.300. The Morgan fingerprint density at radius 2 is 1.66 bits per heavy atom. The van der Waals surface area contributed by atoms with E-state index in [2.05, 4.69) is 0 Å². The molecule has 2 aromatic rings. The van der Waals surface area contributed by atoms with Crippen LogP contribution in [0.4, 0.5) is 0 Å². The van der Waals surface area contributed by atoms with Gasteiger partial charge in [-0.3, -0.25) is 4.79 Å². The first-order valence-electron chi connectivity index (χ1n) is 8.45. The number of hydrogen-bond donors (Lipinski definition) is 1. The number of nitrogens with zero attached hydrogens (tertiary/aromatic N) is 2. The molecule has 0 radical (unpaired) electrons. The Morgan fingerprint density at radius 1 is 1.07 bits per heavy atom. The van der Waals surface area contributed by atoms with Crippen LogP contribution in [-0.2, 0) is 19.1 Å². The lowest BCUT2D eigenvalue weighted by Gasteiger charge is -2.41. The van der Waals surface area contributed by atoms with Crippen LogP contribution >= 0.6 is 0 Å². The molecule has 1 aliphatic carbocycles. The number of nitriles is 2. The van der Waals surface area contributed by atoms with Crippen molar-refractivity contribution < 1.29 is 33.0 Å². The Bertz CT molecular complexity index is 1010. The number of carbonyl (C=O) groups excluding carboxylic acids is 2. The van der Waals surface area contributed by atoms with Gasteiger partial charge in [-0.1, -0.05) is 0 Å². The van der Waals surface area contributed by atoms with Crippen molar-refractivity contribution in [3.05, 3.63) is 59.6 Å². The van der Waals surface area contributed by atoms with Crippen LogP contribution in [0, 0.1) is 34.0 Å². The second kappa shape index (κ2) is 7.56. The molecule has 3 unspecified atom stereocenters. The van der Waals surface area contributed by atoms with E-state index in [1.807, 2.05) is 12.1 Å². The molecule has 1 N–H and O–H groups in total. The highest BCUT2D eigenvalue weighted by Gasteiger charge is 2.63. The van der Waals surface area contributed by atoms with E-state index >= 15 is 0 Å². The quantitative estimate of drug-likeness (QED) is 0.770. The SMILES string of the molecule is COC(=O)C1=C(O)C(C(=O)OC)C(c2ccco2)C(C#N)(C#N)C1c1ccco1. The summed E-state index contributed by atoms with van der Waals surface area (Å²) in [5.74, 6) is -6.66. The molecule has 0 amide bonds. The average Bonchev–Trinajstić information content (AvgIpc) is 3.45. The van der Waals surface area contributed by atoms with E-state index in [9.17, 15) is 25.2 Å². The molecular formula is C20H16N2O7. The molecule has 3 rings (SSSR count). The monoisotopic (exact) mass is 396 g/mol. The van der Waals surface area contributed by atoms with E-state index in [1.54, 1.807) is 0 Å². The van der Waals surface area contributed by atoms with Crippen LogP contribution in [0.25, 0.3) is 0 Å². The van der Waals surface area contributed by atoms with E-state index in [-0.39, 0.29) is 11.5 Å². The lowest BCUT2D eigenvalue weighted by Crippen LogP contribution is -2.47. The highest BCUT2D eigenvalue weighted by Crippen LogP contribution is 2.59. The molecule has 0 spiro atoms. The van der Waals surface area contributed by atoms with Gasteiger partial charge in [-0.2, -0.15) is 10.5 Å². The maximum atomic E-state index is 12.6. The van der Waals surface area contributed by atoms with Crippen molar-refractivity contribution in [3.8, 4) is 12.1 Å². The van der Waals surface area contributed by atoms with Crippen molar-refractivity contribution in [1.29, 1.82) is 10.5 Å². The van der Waals surface area contributed by atoms with Gasteiger partial charge < -0.3 is 23.4 Å². The number of furan rings is 2. The number of carbonyl (C=O) groups is 2. The van der Waals surface area contributed by atoms with E-state index in [0.29, 0.717) is 0 Å². The predicted octanol–water partition coefficient (Wildman–Crippen LogP) is 2.56. The van der Waals surface area contributed by atoms with Crippen LogP contribution in [-0.4, -0.2) is 31.3 Å². The summed E-state index contributed by atoms with van der Waals surface area (Å²) in [4.78, 5) is 25.2. The fourth-order valence-electron chi connectivity index (χ4n) is 3.82. The normalized spacial score (nSPS) is 23.0. The Balaban J connectivity index is 2.44. The van der Waals surface area contributed by atoms with Gasteiger partial charge in [0.1, 0.15) is 23.2 Å². The summed E-state index contributed by atoms with van der Waals surface area (Å²) in [6.45, 7) is 0.